The number of hydrogen-bond acceptors (Lipinski definition) is 4. The average Bonchev–Trinajstić information content (AvgIpc) is 2.46. The van der Waals surface area contributed by atoms with Crippen LogP contribution in [0.15, 0.2) is 46.3 Å². The van der Waals surface area contributed by atoms with E-state index in [4.69, 9.17) is 10.9 Å². The van der Waals surface area contributed by atoms with Crippen LogP contribution in [0.5, 0.6) is 0 Å². The van der Waals surface area contributed by atoms with E-state index in [1.54, 1.807) is 30.5 Å². The van der Waals surface area contributed by atoms with Crippen LogP contribution < -0.4 is 11.1 Å². The van der Waals surface area contributed by atoms with Gasteiger partial charge in [-0.1, -0.05) is 21.1 Å². The first-order valence-corrected chi connectivity index (χ1v) is 6.81. The molecule has 1 heterocycles. The summed E-state index contributed by atoms with van der Waals surface area (Å²) in [6.45, 7) is 1.85. The highest BCUT2D eigenvalue weighted by Gasteiger charge is 2.12. The van der Waals surface area contributed by atoms with E-state index >= 15 is 0 Å². The normalized spacial score (nSPS) is 11.2. The Bertz CT molecular complexity index is 716. The van der Waals surface area contributed by atoms with E-state index < -0.39 is 0 Å². The van der Waals surface area contributed by atoms with Gasteiger partial charge >= 0.3 is 0 Å². The van der Waals surface area contributed by atoms with E-state index in [9.17, 15) is 4.79 Å². The van der Waals surface area contributed by atoms with Crippen molar-refractivity contribution in [2.24, 2.45) is 10.9 Å². The van der Waals surface area contributed by atoms with Crippen molar-refractivity contribution in [1.29, 1.82) is 0 Å². The van der Waals surface area contributed by atoms with Crippen molar-refractivity contribution in [3.63, 3.8) is 0 Å². The van der Waals surface area contributed by atoms with Crippen LogP contribution in [0, 0.1) is 6.92 Å². The first kappa shape index (κ1) is 15.0. The van der Waals surface area contributed by atoms with Gasteiger partial charge in [0, 0.05) is 22.4 Å². The Balaban J connectivity index is 2.35. The van der Waals surface area contributed by atoms with E-state index in [1.165, 1.54) is 6.20 Å². The van der Waals surface area contributed by atoms with Crippen LogP contribution in [0.1, 0.15) is 21.5 Å². The number of rotatable bonds is 3. The molecule has 0 aliphatic carbocycles. The number of oxime groups is 1. The maximum atomic E-state index is 12.2. The molecule has 2 rings (SSSR count). The van der Waals surface area contributed by atoms with Crippen molar-refractivity contribution in [2.75, 3.05) is 5.32 Å². The zero-order chi connectivity index (χ0) is 15.4. The fraction of sp³-hybridized carbons (Fsp3) is 0.0714. The summed E-state index contributed by atoms with van der Waals surface area (Å²) >= 11 is 3.32. The van der Waals surface area contributed by atoms with E-state index in [0.717, 1.165) is 10.0 Å². The highest BCUT2D eigenvalue weighted by Crippen LogP contribution is 2.22. The van der Waals surface area contributed by atoms with Crippen molar-refractivity contribution in [3.8, 4) is 0 Å². The first-order valence-electron chi connectivity index (χ1n) is 6.01. The molecule has 0 aliphatic heterocycles. The van der Waals surface area contributed by atoms with Gasteiger partial charge in [-0.05, 0) is 36.8 Å². The van der Waals surface area contributed by atoms with Crippen LogP contribution in [0.2, 0.25) is 0 Å². The number of nitrogens with one attached hydrogen (secondary N) is 1. The number of aryl methyl sites for hydroxylation is 1. The Kier molecular flexibility index (Phi) is 4.54. The summed E-state index contributed by atoms with van der Waals surface area (Å²) in [4.78, 5) is 16.2. The van der Waals surface area contributed by atoms with Gasteiger partial charge < -0.3 is 16.3 Å². The highest BCUT2D eigenvalue weighted by atomic mass is 79.9. The Morgan fingerprint density at radius 1 is 1.38 bits per heavy atom. The minimum atomic E-state index is -0.323. The van der Waals surface area contributed by atoms with E-state index in [0.29, 0.717) is 16.8 Å². The minimum Gasteiger partial charge on any atom is -0.409 e. The lowest BCUT2D eigenvalue weighted by Gasteiger charge is -2.11. The summed E-state index contributed by atoms with van der Waals surface area (Å²) in [5.74, 6) is -0.406. The number of pyridine rings is 1. The van der Waals surface area contributed by atoms with Crippen molar-refractivity contribution >= 4 is 33.4 Å². The molecule has 0 fully saturated rings. The molecular formula is C14H13BrN4O2. The standard InChI is InChI=1S/C14H13BrN4O2/c1-8-4-9(7-17-6-8)14(20)18-12-5-10(15)2-3-11(12)13(16)19-21/h2-7,21H,1H3,(H2,16,19)(H,18,20). The van der Waals surface area contributed by atoms with E-state index in [2.05, 4.69) is 31.4 Å². The predicted molar refractivity (Wildman–Crippen MR) is 83.6 cm³/mol. The quantitative estimate of drug-likeness (QED) is 0.343. The molecule has 0 bridgehead atoms. The molecule has 1 amide bonds. The van der Waals surface area contributed by atoms with Crippen molar-refractivity contribution in [1.82, 2.24) is 4.98 Å². The molecule has 7 heteroatoms. The van der Waals surface area contributed by atoms with Crippen LogP contribution in [-0.2, 0) is 0 Å². The van der Waals surface area contributed by atoms with Gasteiger partial charge in [0.15, 0.2) is 5.84 Å². The predicted octanol–water partition coefficient (Wildman–Crippen LogP) is 2.50. The molecule has 0 atom stereocenters. The maximum absolute atomic E-state index is 12.2. The Morgan fingerprint density at radius 2 is 2.14 bits per heavy atom. The number of carbonyl (C=O) groups excluding carboxylic acids is 1. The van der Waals surface area contributed by atoms with Gasteiger partial charge in [0.2, 0.25) is 0 Å². The van der Waals surface area contributed by atoms with Gasteiger partial charge in [0.1, 0.15) is 0 Å². The lowest BCUT2D eigenvalue weighted by atomic mass is 10.1. The van der Waals surface area contributed by atoms with Crippen molar-refractivity contribution < 1.29 is 10.0 Å². The second kappa shape index (κ2) is 6.36. The maximum Gasteiger partial charge on any atom is 0.257 e. The molecule has 4 N–H and O–H groups in total. The monoisotopic (exact) mass is 348 g/mol. The van der Waals surface area contributed by atoms with Gasteiger partial charge in [-0.2, -0.15) is 0 Å². The van der Waals surface area contributed by atoms with E-state index in [-0.39, 0.29) is 11.7 Å². The number of amides is 1. The molecule has 0 aliphatic rings. The zero-order valence-corrected chi connectivity index (χ0v) is 12.8. The molecule has 0 saturated carbocycles. The third-order valence-corrected chi connectivity index (χ3v) is 3.24. The highest BCUT2D eigenvalue weighted by molar-refractivity contribution is 9.10. The molecule has 2 aromatic rings. The Hall–Kier alpha value is -2.41. The lowest BCUT2D eigenvalue weighted by molar-refractivity contribution is 0.102. The van der Waals surface area contributed by atoms with E-state index in [1.807, 2.05) is 6.92 Å². The molecule has 21 heavy (non-hydrogen) atoms. The third kappa shape index (κ3) is 3.57. The van der Waals surface area contributed by atoms with Gasteiger partial charge in [0.05, 0.1) is 11.3 Å². The second-order valence-corrected chi connectivity index (χ2v) is 5.30. The van der Waals surface area contributed by atoms with Gasteiger partial charge in [-0.3, -0.25) is 9.78 Å². The number of amidine groups is 1. The molecule has 1 aromatic heterocycles. The zero-order valence-electron chi connectivity index (χ0n) is 11.2. The lowest BCUT2D eigenvalue weighted by Crippen LogP contribution is -2.19. The minimum absolute atomic E-state index is 0.0832. The number of anilines is 1. The summed E-state index contributed by atoms with van der Waals surface area (Å²) < 4.78 is 0.759. The molecule has 0 unspecified atom stereocenters. The van der Waals surface area contributed by atoms with Gasteiger partial charge in [-0.15, -0.1) is 0 Å². The summed E-state index contributed by atoms with van der Waals surface area (Å²) in [6.07, 6.45) is 3.14. The number of benzene rings is 1. The van der Waals surface area contributed by atoms with Crippen molar-refractivity contribution in [2.45, 2.75) is 6.92 Å². The topological polar surface area (TPSA) is 101 Å². The smallest absolute Gasteiger partial charge is 0.257 e. The average molecular weight is 349 g/mol. The summed E-state index contributed by atoms with van der Waals surface area (Å²) in [5.41, 5.74) is 7.78. The number of nitrogens with two attached hydrogens (primary N) is 1. The van der Waals surface area contributed by atoms with Crippen LogP contribution >= 0.6 is 15.9 Å². The second-order valence-electron chi connectivity index (χ2n) is 4.38. The molecule has 0 radical (unpaired) electrons. The molecule has 0 spiro atoms. The SMILES string of the molecule is Cc1cncc(C(=O)Nc2cc(Br)ccc2/C(N)=N/O)c1. The molecular weight excluding hydrogens is 336 g/mol. The van der Waals surface area contributed by atoms with Crippen LogP contribution in [-0.4, -0.2) is 21.9 Å². The van der Waals surface area contributed by atoms with Crippen LogP contribution in [0.3, 0.4) is 0 Å². The number of carbonyl (C=O) groups is 1. The number of hydrogen-bond donors (Lipinski definition) is 3. The fourth-order valence-corrected chi connectivity index (χ4v) is 2.13. The molecule has 0 saturated heterocycles. The first-order chi connectivity index (χ1) is 10.0. The van der Waals surface area contributed by atoms with Gasteiger partial charge in [0.25, 0.3) is 5.91 Å². The Labute approximate surface area is 129 Å². The van der Waals surface area contributed by atoms with Crippen LogP contribution in [0.25, 0.3) is 0 Å². The van der Waals surface area contributed by atoms with Crippen LogP contribution in [0.4, 0.5) is 5.69 Å². The summed E-state index contributed by atoms with van der Waals surface area (Å²) in [7, 11) is 0. The molecule has 108 valence electrons. The van der Waals surface area contributed by atoms with Crippen molar-refractivity contribution in [3.05, 3.63) is 57.8 Å². The molecule has 6 nitrogen and oxygen atoms in total. The fourth-order valence-electron chi connectivity index (χ4n) is 1.77. The Morgan fingerprint density at radius 3 is 2.81 bits per heavy atom. The molecule has 1 aromatic carbocycles. The number of aromatic nitrogens is 1. The number of halogens is 1. The third-order valence-electron chi connectivity index (χ3n) is 2.75. The number of nitrogens with zero attached hydrogens (tertiary/aromatic N) is 2. The summed E-state index contributed by atoms with van der Waals surface area (Å²) in [5, 5.41) is 14.5. The van der Waals surface area contributed by atoms with Gasteiger partial charge in [-0.25, -0.2) is 0 Å². The largest absolute Gasteiger partial charge is 0.409 e. The summed E-state index contributed by atoms with van der Waals surface area (Å²) in [6, 6.07) is 6.78.